The van der Waals surface area contributed by atoms with Crippen LogP contribution in [0.4, 0.5) is 0 Å². The van der Waals surface area contributed by atoms with Crippen LogP contribution in [0, 0.1) is 0 Å². The molecule has 1 aliphatic rings. The van der Waals surface area contributed by atoms with E-state index in [0.717, 1.165) is 12.8 Å². The monoisotopic (exact) mass is 183 g/mol. The first kappa shape index (κ1) is 10.2. The van der Waals surface area contributed by atoms with E-state index in [4.69, 9.17) is 0 Å². The Labute approximate surface area is 78.1 Å². The summed E-state index contributed by atoms with van der Waals surface area (Å²) in [5.74, 6) is -0.129. The van der Waals surface area contributed by atoms with Crippen LogP contribution in [0.15, 0.2) is 0 Å². The van der Waals surface area contributed by atoms with Crippen molar-refractivity contribution in [3.8, 4) is 0 Å². The zero-order valence-corrected chi connectivity index (χ0v) is 7.64. The fourth-order valence-corrected chi connectivity index (χ4v) is 1.56. The number of rotatable bonds is 5. The second-order valence-electron chi connectivity index (χ2n) is 3.28. The molecule has 1 aliphatic carbocycles. The Morgan fingerprint density at radius 1 is 1.38 bits per heavy atom. The summed E-state index contributed by atoms with van der Waals surface area (Å²) in [5.41, 5.74) is 0. The van der Waals surface area contributed by atoms with Gasteiger partial charge in [-0.25, -0.2) is 0 Å². The van der Waals surface area contributed by atoms with Crippen LogP contribution in [0.1, 0.15) is 25.7 Å². The van der Waals surface area contributed by atoms with Gasteiger partial charge < -0.3 is 10.6 Å². The molecule has 0 aliphatic heterocycles. The fourth-order valence-electron chi connectivity index (χ4n) is 1.56. The third kappa shape index (κ3) is 4.03. The summed E-state index contributed by atoms with van der Waals surface area (Å²) in [6.45, 7) is 0.303. The highest BCUT2D eigenvalue weighted by Crippen LogP contribution is 2.16. The second-order valence-corrected chi connectivity index (χ2v) is 3.28. The highest BCUT2D eigenvalue weighted by molar-refractivity contribution is 5.80. The first-order valence-corrected chi connectivity index (χ1v) is 4.68. The molecule has 2 N–H and O–H groups in total. The zero-order valence-electron chi connectivity index (χ0n) is 7.64. The molecule has 1 saturated carbocycles. The Bertz CT molecular complexity index is 176. The van der Waals surface area contributed by atoms with Gasteiger partial charge in [0.05, 0.1) is 13.1 Å². The van der Waals surface area contributed by atoms with E-state index in [1.807, 2.05) is 0 Å². The maximum absolute atomic E-state index is 11.0. The molecule has 4 heteroatoms. The van der Waals surface area contributed by atoms with E-state index < -0.39 is 0 Å². The first-order valence-electron chi connectivity index (χ1n) is 4.68. The van der Waals surface area contributed by atoms with Crippen molar-refractivity contribution in [1.82, 2.24) is 10.6 Å². The van der Waals surface area contributed by atoms with Crippen molar-refractivity contribution in [3.05, 3.63) is 0 Å². The van der Waals surface area contributed by atoms with E-state index in [1.165, 1.54) is 12.8 Å². The molecule has 1 radical (unpaired) electrons. The highest BCUT2D eigenvalue weighted by atomic mass is 16.2. The number of hydrogen-bond donors (Lipinski definition) is 2. The van der Waals surface area contributed by atoms with Gasteiger partial charge in [-0.1, -0.05) is 12.8 Å². The molecule has 0 spiro atoms. The first-order chi connectivity index (χ1) is 6.33. The molecule has 1 fully saturated rings. The van der Waals surface area contributed by atoms with Crippen LogP contribution in [-0.2, 0) is 9.59 Å². The predicted octanol–water partition coefficient (Wildman–Crippen LogP) is -0.256. The van der Waals surface area contributed by atoms with E-state index in [2.05, 4.69) is 10.6 Å². The molecule has 1 amide bonds. The maximum Gasteiger partial charge on any atom is 0.234 e. The normalized spacial score (nSPS) is 17.2. The Morgan fingerprint density at radius 3 is 2.69 bits per heavy atom. The molecule has 0 heterocycles. The van der Waals surface area contributed by atoms with Crippen LogP contribution in [0.5, 0.6) is 0 Å². The molecule has 0 unspecified atom stereocenters. The van der Waals surface area contributed by atoms with E-state index in [9.17, 15) is 9.59 Å². The lowest BCUT2D eigenvalue weighted by atomic mass is 10.2. The molecule has 1 rings (SSSR count). The molecule has 0 aromatic carbocycles. The standard InChI is InChI=1S/C9H15N2O2/c12-6-5-10-9(13)7-11-8-3-1-2-4-8/h8,11H,1-5,7H2,(H,10,13). The number of carbonyl (C=O) groups excluding carboxylic acids is 2. The van der Waals surface area contributed by atoms with Crippen molar-refractivity contribution >= 4 is 12.2 Å². The van der Waals surface area contributed by atoms with Crippen LogP contribution < -0.4 is 10.6 Å². The Hall–Kier alpha value is -0.900. The topological polar surface area (TPSA) is 58.2 Å². The van der Waals surface area contributed by atoms with Crippen LogP contribution in [0.2, 0.25) is 0 Å². The maximum atomic E-state index is 11.0. The number of hydrogen-bond acceptors (Lipinski definition) is 3. The SMILES string of the molecule is O=[C]CNC(=O)CNC1CCCC1. The Balaban J connectivity index is 2.03. The molecule has 0 saturated heterocycles. The summed E-state index contributed by atoms with van der Waals surface area (Å²) in [7, 11) is 0. The number of amides is 1. The lowest BCUT2D eigenvalue weighted by Crippen LogP contribution is -2.38. The molecule has 13 heavy (non-hydrogen) atoms. The molecular weight excluding hydrogens is 168 g/mol. The quantitative estimate of drug-likeness (QED) is 0.617. The summed E-state index contributed by atoms with van der Waals surface area (Å²) in [4.78, 5) is 20.8. The van der Waals surface area contributed by atoms with Crippen LogP contribution in [-0.4, -0.2) is 31.3 Å². The van der Waals surface area contributed by atoms with Gasteiger partial charge in [-0.3, -0.25) is 9.59 Å². The number of nitrogens with one attached hydrogen (secondary N) is 2. The summed E-state index contributed by atoms with van der Waals surface area (Å²) in [6, 6.07) is 0.492. The van der Waals surface area contributed by atoms with Gasteiger partial charge in [0.2, 0.25) is 12.2 Å². The van der Waals surface area contributed by atoms with Crippen LogP contribution >= 0.6 is 0 Å². The van der Waals surface area contributed by atoms with Gasteiger partial charge in [0, 0.05) is 6.04 Å². The van der Waals surface area contributed by atoms with Gasteiger partial charge in [0.15, 0.2) is 0 Å². The van der Waals surface area contributed by atoms with Crippen molar-refractivity contribution in [2.75, 3.05) is 13.1 Å². The fraction of sp³-hybridized carbons (Fsp3) is 0.778. The summed E-state index contributed by atoms with van der Waals surface area (Å²) >= 11 is 0. The highest BCUT2D eigenvalue weighted by Gasteiger charge is 2.14. The molecule has 0 aromatic heterocycles. The average molecular weight is 183 g/mol. The van der Waals surface area contributed by atoms with Crippen molar-refractivity contribution in [1.29, 1.82) is 0 Å². The van der Waals surface area contributed by atoms with Gasteiger partial charge in [-0.05, 0) is 12.8 Å². The van der Waals surface area contributed by atoms with Crippen LogP contribution in [0.3, 0.4) is 0 Å². The molecule has 73 valence electrons. The summed E-state index contributed by atoms with van der Waals surface area (Å²) < 4.78 is 0. The molecule has 0 atom stereocenters. The third-order valence-electron chi connectivity index (χ3n) is 2.26. The largest absolute Gasteiger partial charge is 0.347 e. The van der Waals surface area contributed by atoms with Crippen molar-refractivity contribution in [2.24, 2.45) is 0 Å². The van der Waals surface area contributed by atoms with E-state index >= 15 is 0 Å². The van der Waals surface area contributed by atoms with Crippen molar-refractivity contribution in [3.63, 3.8) is 0 Å². The molecular formula is C9H15N2O2. The molecule has 0 aromatic rings. The third-order valence-corrected chi connectivity index (χ3v) is 2.26. The number of carbonyl (C=O) groups is 1. The van der Waals surface area contributed by atoms with Crippen molar-refractivity contribution < 1.29 is 9.59 Å². The molecule has 4 nitrogen and oxygen atoms in total. The van der Waals surface area contributed by atoms with E-state index in [0.29, 0.717) is 12.6 Å². The predicted molar refractivity (Wildman–Crippen MR) is 49.0 cm³/mol. The minimum absolute atomic E-state index is 0.00875. The van der Waals surface area contributed by atoms with E-state index in [-0.39, 0.29) is 12.5 Å². The zero-order chi connectivity index (χ0) is 9.52. The lowest BCUT2D eigenvalue weighted by Gasteiger charge is -2.10. The molecule has 0 bridgehead atoms. The van der Waals surface area contributed by atoms with Gasteiger partial charge in [0.25, 0.3) is 0 Å². The smallest absolute Gasteiger partial charge is 0.234 e. The Kier molecular flexibility index (Phi) is 4.46. The second kappa shape index (κ2) is 5.70. The summed E-state index contributed by atoms with van der Waals surface area (Å²) in [5, 5.41) is 5.58. The van der Waals surface area contributed by atoms with Gasteiger partial charge >= 0.3 is 0 Å². The van der Waals surface area contributed by atoms with Gasteiger partial charge in [-0.15, -0.1) is 0 Å². The van der Waals surface area contributed by atoms with Gasteiger partial charge in [0.1, 0.15) is 0 Å². The minimum atomic E-state index is -0.129. The van der Waals surface area contributed by atoms with E-state index in [1.54, 1.807) is 6.29 Å². The Morgan fingerprint density at radius 2 is 2.08 bits per heavy atom. The minimum Gasteiger partial charge on any atom is -0.347 e. The van der Waals surface area contributed by atoms with Gasteiger partial charge in [-0.2, -0.15) is 0 Å². The van der Waals surface area contributed by atoms with Crippen LogP contribution in [0.25, 0.3) is 0 Å². The van der Waals surface area contributed by atoms with Crippen molar-refractivity contribution in [2.45, 2.75) is 31.7 Å². The lowest BCUT2D eigenvalue weighted by molar-refractivity contribution is -0.120. The average Bonchev–Trinajstić information content (AvgIpc) is 2.64. The summed E-state index contributed by atoms with van der Waals surface area (Å²) in [6.07, 6.45) is 6.44.